The van der Waals surface area contributed by atoms with Crippen molar-refractivity contribution in [3.8, 4) is 5.75 Å². The molecule has 29 heavy (non-hydrogen) atoms. The number of nitrogens with one attached hydrogen (secondary N) is 1. The van der Waals surface area contributed by atoms with Crippen LogP contribution in [0.15, 0.2) is 47.4 Å². The Hall–Kier alpha value is -2.51. The lowest BCUT2D eigenvalue weighted by atomic mass is 10.0. The molecule has 7 heteroatoms. The summed E-state index contributed by atoms with van der Waals surface area (Å²) < 4.78 is 11.0. The first kappa shape index (κ1) is 21.2. The van der Waals surface area contributed by atoms with Crippen LogP contribution >= 0.6 is 11.8 Å². The molecule has 0 aromatic heterocycles. The number of methoxy groups -OCH3 is 1. The Morgan fingerprint density at radius 3 is 2.55 bits per heavy atom. The van der Waals surface area contributed by atoms with Gasteiger partial charge in [-0.2, -0.15) is 0 Å². The summed E-state index contributed by atoms with van der Waals surface area (Å²) in [6.45, 7) is 4.43. The van der Waals surface area contributed by atoms with Crippen LogP contribution in [0.4, 0.5) is 5.69 Å². The van der Waals surface area contributed by atoms with Crippen molar-refractivity contribution in [2.24, 2.45) is 0 Å². The van der Waals surface area contributed by atoms with E-state index in [9.17, 15) is 9.59 Å². The zero-order valence-electron chi connectivity index (χ0n) is 17.1. The number of thioether (sulfide) groups is 1. The first-order valence-corrected chi connectivity index (χ1v) is 10.4. The van der Waals surface area contributed by atoms with Gasteiger partial charge in [-0.1, -0.05) is 29.8 Å². The minimum absolute atomic E-state index is 0.225. The number of aryl methyl sites for hydroxylation is 1. The average molecular weight is 415 g/mol. The molecule has 0 saturated heterocycles. The van der Waals surface area contributed by atoms with Gasteiger partial charge in [0.25, 0.3) is 5.91 Å². The molecule has 1 heterocycles. The van der Waals surface area contributed by atoms with Crippen LogP contribution in [0.2, 0.25) is 0 Å². The Morgan fingerprint density at radius 1 is 1.21 bits per heavy atom. The van der Waals surface area contributed by atoms with E-state index in [4.69, 9.17) is 9.47 Å². The zero-order valence-corrected chi connectivity index (χ0v) is 17.9. The molecule has 0 spiro atoms. The van der Waals surface area contributed by atoms with Gasteiger partial charge in [-0.15, -0.1) is 11.8 Å². The SMILES string of the molecule is CNCCN1C(=O)[C@@H](OC(C)=O)[C@@H](c2ccc(C)cc2)Sc2cc(OC)ccc21. The maximum atomic E-state index is 13.5. The average Bonchev–Trinajstić information content (AvgIpc) is 2.81. The van der Waals surface area contributed by atoms with Crippen molar-refractivity contribution in [1.82, 2.24) is 5.32 Å². The van der Waals surface area contributed by atoms with Gasteiger partial charge < -0.3 is 19.7 Å². The lowest BCUT2D eigenvalue weighted by Gasteiger charge is -2.27. The minimum atomic E-state index is -0.921. The van der Waals surface area contributed by atoms with Gasteiger partial charge in [-0.3, -0.25) is 9.59 Å². The lowest BCUT2D eigenvalue weighted by molar-refractivity contribution is -0.152. The van der Waals surface area contributed by atoms with Crippen molar-refractivity contribution in [3.05, 3.63) is 53.6 Å². The molecule has 2 atom stereocenters. The van der Waals surface area contributed by atoms with E-state index in [0.717, 1.165) is 21.7 Å². The van der Waals surface area contributed by atoms with Crippen LogP contribution in [0, 0.1) is 6.92 Å². The highest BCUT2D eigenvalue weighted by molar-refractivity contribution is 7.99. The second-order valence-corrected chi connectivity index (χ2v) is 8.09. The molecule has 2 aromatic carbocycles. The van der Waals surface area contributed by atoms with E-state index in [1.807, 2.05) is 56.4 Å². The number of likely N-dealkylation sites (N-methyl/N-ethyl adjacent to an activating group) is 1. The Labute approximate surface area is 175 Å². The zero-order chi connectivity index (χ0) is 21.0. The van der Waals surface area contributed by atoms with E-state index < -0.39 is 12.1 Å². The number of ether oxygens (including phenoxy) is 2. The molecule has 2 aromatic rings. The molecule has 1 aliphatic rings. The summed E-state index contributed by atoms with van der Waals surface area (Å²) in [5.41, 5.74) is 2.85. The first-order valence-electron chi connectivity index (χ1n) is 9.49. The molecular weight excluding hydrogens is 388 g/mol. The number of esters is 1. The molecule has 0 saturated carbocycles. The molecule has 0 radical (unpaired) electrons. The van der Waals surface area contributed by atoms with Gasteiger partial charge >= 0.3 is 5.97 Å². The Morgan fingerprint density at radius 2 is 1.93 bits per heavy atom. The van der Waals surface area contributed by atoms with E-state index in [0.29, 0.717) is 18.8 Å². The van der Waals surface area contributed by atoms with Gasteiger partial charge in [0.1, 0.15) is 5.75 Å². The lowest BCUT2D eigenvalue weighted by Crippen LogP contribution is -2.45. The number of fused-ring (bicyclic) bond motifs is 1. The fourth-order valence-corrected chi connectivity index (χ4v) is 4.63. The topological polar surface area (TPSA) is 67.9 Å². The number of anilines is 1. The Kier molecular flexibility index (Phi) is 6.82. The van der Waals surface area contributed by atoms with Gasteiger partial charge in [0.05, 0.1) is 18.0 Å². The molecule has 3 rings (SSSR count). The van der Waals surface area contributed by atoms with E-state index in [1.54, 1.807) is 12.0 Å². The number of benzene rings is 2. The Balaban J connectivity index is 2.12. The summed E-state index contributed by atoms with van der Waals surface area (Å²) in [6.07, 6.45) is -0.921. The van der Waals surface area contributed by atoms with Crippen molar-refractivity contribution in [2.75, 3.05) is 32.1 Å². The third-order valence-electron chi connectivity index (χ3n) is 4.78. The molecule has 0 unspecified atom stereocenters. The number of hydrogen-bond acceptors (Lipinski definition) is 6. The van der Waals surface area contributed by atoms with Gasteiger partial charge in [-0.05, 0) is 37.7 Å². The largest absolute Gasteiger partial charge is 0.497 e. The summed E-state index contributed by atoms with van der Waals surface area (Å²) in [4.78, 5) is 28.0. The van der Waals surface area contributed by atoms with Crippen molar-refractivity contribution < 1.29 is 19.1 Å². The third-order valence-corrected chi connectivity index (χ3v) is 6.13. The Bertz CT molecular complexity index is 885. The number of hydrogen-bond donors (Lipinski definition) is 1. The van der Waals surface area contributed by atoms with Crippen LogP contribution < -0.4 is 15.0 Å². The van der Waals surface area contributed by atoms with Gasteiger partial charge in [0.2, 0.25) is 0 Å². The van der Waals surface area contributed by atoms with E-state index >= 15 is 0 Å². The predicted octanol–water partition coefficient (Wildman–Crippen LogP) is 3.33. The molecule has 154 valence electrons. The van der Waals surface area contributed by atoms with Crippen LogP contribution in [-0.2, 0) is 14.3 Å². The third kappa shape index (κ3) is 4.74. The molecule has 1 N–H and O–H groups in total. The van der Waals surface area contributed by atoms with Crippen LogP contribution in [-0.4, -0.2) is 45.2 Å². The second kappa shape index (κ2) is 9.33. The van der Waals surface area contributed by atoms with Crippen LogP contribution in [0.5, 0.6) is 5.75 Å². The standard InChI is InChI=1S/C22H26N2O4S/c1-14-5-7-16(8-6-14)21-20(28-15(2)25)22(26)24(12-11-23-3)18-10-9-17(27-4)13-19(18)29-21/h5-10,13,20-21,23H,11-12H2,1-4H3/t20-,21+/m0/s1. The summed E-state index contributed by atoms with van der Waals surface area (Å²) >= 11 is 1.52. The number of carbonyl (C=O) groups is 2. The smallest absolute Gasteiger partial charge is 0.303 e. The molecule has 0 fully saturated rings. The number of amides is 1. The quantitative estimate of drug-likeness (QED) is 0.732. The summed E-state index contributed by atoms with van der Waals surface area (Å²) in [5, 5.41) is 2.72. The van der Waals surface area contributed by atoms with E-state index in [1.165, 1.54) is 18.7 Å². The molecular formula is C22H26N2O4S. The van der Waals surface area contributed by atoms with Crippen molar-refractivity contribution in [1.29, 1.82) is 0 Å². The van der Waals surface area contributed by atoms with Crippen LogP contribution in [0.25, 0.3) is 0 Å². The van der Waals surface area contributed by atoms with Crippen LogP contribution in [0.3, 0.4) is 0 Å². The predicted molar refractivity (Wildman–Crippen MR) is 115 cm³/mol. The van der Waals surface area contributed by atoms with Gasteiger partial charge in [0.15, 0.2) is 6.10 Å². The molecule has 6 nitrogen and oxygen atoms in total. The first-order chi connectivity index (χ1) is 13.9. The normalized spacial score (nSPS) is 18.8. The highest BCUT2D eigenvalue weighted by Crippen LogP contribution is 2.47. The summed E-state index contributed by atoms with van der Waals surface area (Å²) in [7, 11) is 3.46. The van der Waals surface area contributed by atoms with Crippen LogP contribution in [0.1, 0.15) is 23.3 Å². The fourth-order valence-electron chi connectivity index (χ4n) is 3.28. The maximum absolute atomic E-state index is 13.5. The van der Waals surface area contributed by atoms with E-state index in [-0.39, 0.29) is 11.2 Å². The summed E-state index contributed by atoms with van der Waals surface area (Å²) in [6, 6.07) is 13.6. The molecule has 1 aliphatic heterocycles. The number of nitrogens with zero attached hydrogens (tertiary/aromatic N) is 1. The minimum Gasteiger partial charge on any atom is -0.497 e. The fraction of sp³-hybridized carbons (Fsp3) is 0.364. The molecule has 1 amide bonds. The van der Waals surface area contributed by atoms with Gasteiger partial charge in [-0.25, -0.2) is 0 Å². The van der Waals surface area contributed by atoms with E-state index in [2.05, 4.69) is 5.32 Å². The van der Waals surface area contributed by atoms with Crippen molar-refractivity contribution >= 4 is 29.3 Å². The van der Waals surface area contributed by atoms with Crippen molar-refractivity contribution in [2.45, 2.75) is 30.1 Å². The molecule has 0 aliphatic carbocycles. The highest BCUT2D eigenvalue weighted by Gasteiger charge is 2.40. The summed E-state index contributed by atoms with van der Waals surface area (Å²) in [5.74, 6) is 0.0152. The number of rotatable bonds is 6. The monoisotopic (exact) mass is 414 g/mol. The maximum Gasteiger partial charge on any atom is 0.303 e. The van der Waals surface area contributed by atoms with Crippen molar-refractivity contribution in [3.63, 3.8) is 0 Å². The second-order valence-electron chi connectivity index (χ2n) is 6.91. The molecule has 0 bridgehead atoms. The highest BCUT2D eigenvalue weighted by atomic mass is 32.2. The van der Waals surface area contributed by atoms with Gasteiger partial charge in [0, 0.05) is 24.9 Å². The number of carbonyl (C=O) groups excluding carboxylic acids is 2.